The standard InChI is InChI=1S/C19H25N3O2/c1-19(2,3)24-18(23)22-12-6-11-21(13-14-22)17-16-8-5-4-7-15(16)9-10-20-17/h4-5,7-10H,6,11-14H2,1-3H3. The summed E-state index contributed by atoms with van der Waals surface area (Å²) in [6.45, 7) is 8.72. The van der Waals surface area contributed by atoms with Crippen molar-refractivity contribution >= 4 is 22.7 Å². The molecule has 1 aliphatic heterocycles. The van der Waals surface area contributed by atoms with Gasteiger partial charge in [0.25, 0.3) is 0 Å². The molecule has 1 saturated heterocycles. The number of rotatable bonds is 1. The summed E-state index contributed by atoms with van der Waals surface area (Å²) in [6.07, 6.45) is 2.54. The molecule has 2 heterocycles. The van der Waals surface area contributed by atoms with E-state index in [2.05, 4.69) is 22.0 Å². The van der Waals surface area contributed by atoms with Crippen molar-refractivity contribution in [3.8, 4) is 0 Å². The van der Waals surface area contributed by atoms with Crippen molar-refractivity contribution in [3.63, 3.8) is 0 Å². The van der Waals surface area contributed by atoms with E-state index < -0.39 is 5.60 Å². The molecule has 1 aromatic carbocycles. The van der Waals surface area contributed by atoms with Crippen molar-refractivity contribution in [2.24, 2.45) is 0 Å². The summed E-state index contributed by atoms with van der Waals surface area (Å²) in [5.41, 5.74) is -0.458. The Bertz CT molecular complexity index is 719. The Morgan fingerprint density at radius 2 is 1.88 bits per heavy atom. The van der Waals surface area contributed by atoms with E-state index >= 15 is 0 Å². The lowest BCUT2D eigenvalue weighted by atomic mass is 10.1. The lowest BCUT2D eigenvalue weighted by Crippen LogP contribution is -2.39. The molecule has 3 rings (SSSR count). The predicted molar refractivity (Wildman–Crippen MR) is 96.4 cm³/mol. The number of amides is 1. The zero-order chi connectivity index (χ0) is 17.2. The number of ether oxygens (including phenoxy) is 1. The second-order valence-corrected chi connectivity index (χ2v) is 7.16. The maximum absolute atomic E-state index is 12.3. The van der Waals surface area contributed by atoms with Crippen LogP contribution in [0.3, 0.4) is 0 Å². The van der Waals surface area contributed by atoms with Crippen molar-refractivity contribution in [1.29, 1.82) is 0 Å². The third-order valence-electron chi connectivity index (χ3n) is 4.10. The molecule has 24 heavy (non-hydrogen) atoms. The highest BCUT2D eigenvalue weighted by atomic mass is 16.6. The second kappa shape index (κ2) is 6.67. The van der Waals surface area contributed by atoms with Gasteiger partial charge in [-0.15, -0.1) is 0 Å². The Labute approximate surface area is 143 Å². The highest BCUT2D eigenvalue weighted by Crippen LogP contribution is 2.25. The Morgan fingerprint density at radius 1 is 1.08 bits per heavy atom. The third-order valence-corrected chi connectivity index (χ3v) is 4.10. The first-order valence-corrected chi connectivity index (χ1v) is 8.51. The maximum atomic E-state index is 12.3. The highest BCUT2D eigenvalue weighted by Gasteiger charge is 2.25. The first-order chi connectivity index (χ1) is 11.4. The van der Waals surface area contributed by atoms with Crippen LogP contribution in [0.1, 0.15) is 27.2 Å². The Hall–Kier alpha value is -2.30. The fraction of sp³-hybridized carbons (Fsp3) is 0.474. The number of hydrogen-bond donors (Lipinski definition) is 0. The monoisotopic (exact) mass is 327 g/mol. The summed E-state index contributed by atoms with van der Waals surface area (Å²) in [7, 11) is 0. The molecule has 0 unspecified atom stereocenters. The number of nitrogens with zero attached hydrogens (tertiary/aromatic N) is 3. The van der Waals surface area contributed by atoms with Crippen LogP contribution < -0.4 is 4.90 Å². The van der Waals surface area contributed by atoms with Crippen LogP contribution in [0.25, 0.3) is 10.8 Å². The van der Waals surface area contributed by atoms with Gasteiger partial charge in [0.1, 0.15) is 11.4 Å². The predicted octanol–water partition coefficient (Wildman–Crippen LogP) is 3.68. The number of anilines is 1. The molecule has 128 valence electrons. The quantitative estimate of drug-likeness (QED) is 0.801. The summed E-state index contributed by atoms with van der Waals surface area (Å²) in [6, 6.07) is 10.3. The Balaban J connectivity index is 1.75. The van der Waals surface area contributed by atoms with Gasteiger partial charge >= 0.3 is 6.09 Å². The van der Waals surface area contributed by atoms with Gasteiger partial charge in [0, 0.05) is 37.8 Å². The van der Waals surface area contributed by atoms with Crippen molar-refractivity contribution in [1.82, 2.24) is 9.88 Å². The van der Waals surface area contributed by atoms with Gasteiger partial charge in [0.2, 0.25) is 0 Å². The van der Waals surface area contributed by atoms with E-state index in [-0.39, 0.29) is 6.09 Å². The number of carbonyl (C=O) groups is 1. The SMILES string of the molecule is CC(C)(C)OC(=O)N1CCCN(c2nccc3ccccc23)CC1. The van der Waals surface area contributed by atoms with Gasteiger partial charge in [-0.2, -0.15) is 0 Å². The highest BCUT2D eigenvalue weighted by molar-refractivity contribution is 5.92. The summed E-state index contributed by atoms with van der Waals surface area (Å²) in [4.78, 5) is 21.0. The molecule has 1 aliphatic rings. The molecule has 1 aromatic heterocycles. The number of benzene rings is 1. The van der Waals surface area contributed by atoms with Crippen LogP contribution in [0.5, 0.6) is 0 Å². The largest absolute Gasteiger partial charge is 0.444 e. The van der Waals surface area contributed by atoms with E-state index in [9.17, 15) is 4.79 Å². The van der Waals surface area contributed by atoms with Gasteiger partial charge in [0.15, 0.2) is 0 Å². The van der Waals surface area contributed by atoms with Crippen LogP contribution in [0.4, 0.5) is 10.6 Å². The molecule has 1 fully saturated rings. The summed E-state index contributed by atoms with van der Waals surface area (Å²) in [5, 5.41) is 2.35. The van der Waals surface area contributed by atoms with Gasteiger partial charge in [-0.05, 0) is 38.6 Å². The van der Waals surface area contributed by atoms with E-state index in [0.29, 0.717) is 6.54 Å². The lowest BCUT2D eigenvalue weighted by molar-refractivity contribution is 0.0263. The zero-order valence-corrected chi connectivity index (χ0v) is 14.7. The molecular formula is C19H25N3O2. The van der Waals surface area contributed by atoms with E-state index in [4.69, 9.17) is 4.74 Å². The topological polar surface area (TPSA) is 45.7 Å². The first kappa shape index (κ1) is 16.6. The minimum atomic E-state index is -0.458. The van der Waals surface area contributed by atoms with E-state index in [0.717, 1.165) is 37.3 Å². The molecule has 0 spiro atoms. The van der Waals surface area contributed by atoms with Crippen LogP contribution in [0.2, 0.25) is 0 Å². The summed E-state index contributed by atoms with van der Waals surface area (Å²) < 4.78 is 5.50. The lowest BCUT2D eigenvalue weighted by Gasteiger charge is -2.27. The van der Waals surface area contributed by atoms with Gasteiger partial charge in [-0.3, -0.25) is 0 Å². The Kier molecular flexibility index (Phi) is 4.60. The molecule has 5 heteroatoms. The normalized spacial score (nSPS) is 16.1. The number of fused-ring (bicyclic) bond motifs is 1. The number of pyridine rings is 1. The smallest absolute Gasteiger partial charge is 0.410 e. The molecule has 0 N–H and O–H groups in total. The molecule has 0 saturated carbocycles. The summed E-state index contributed by atoms with van der Waals surface area (Å²) >= 11 is 0. The molecule has 0 radical (unpaired) electrons. The van der Waals surface area contributed by atoms with Crippen molar-refractivity contribution < 1.29 is 9.53 Å². The minimum Gasteiger partial charge on any atom is -0.444 e. The first-order valence-electron chi connectivity index (χ1n) is 8.51. The second-order valence-electron chi connectivity index (χ2n) is 7.16. The molecule has 0 atom stereocenters. The molecule has 0 bridgehead atoms. The zero-order valence-electron chi connectivity index (χ0n) is 14.7. The number of carbonyl (C=O) groups excluding carboxylic acids is 1. The third kappa shape index (κ3) is 3.78. The van der Waals surface area contributed by atoms with Crippen molar-refractivity contribution in [3.05, 3.63) is 36.5 Å². The number of hydrogen-bond acceptors (Lipinski definition) is 4. The summed E-state index contributed by atoms with van der Waals surface area (Å²) in [5.74, 6) is 0.999. The average Bonchev–Trinajstić information content (AvgIpc) is 2.79. The van der Waals surface area contributed by atoms with Crippen molar-refractivity contribution in [2.45, 2.75) is 32.8 Å². The van der Waals surface area contributed by atoms with Gasteiger partial charge in [-0.1, -0.05) is 24.3 Å². The molecular weight excluding hydrogens is 302 g/mol. The van der Waals surface area contributed by atoms with Gasteiger partial charge < -0.3 is 14.5 Å². The van der Waals surface area contributed by atoms with Gasteiger partial charge in [-0.25, -0.2) is 9.78 Å². The van der Waals surface area contributed by atoms with E-state index in [1.54, 1.807) is 4.90 Å². The molecule has 1 amide bonds. The molecule has 0 aliphatic carbocycles. The van der Waals surface area contributed by atoms with E-state index in [1.165, 1.54) is 5.39 Å². The van der Waals surface area contributed by atoms with E-state index in [1.807, 2.05) is 45.2 Å². The number of aromatic nitrogens is 1. The van der Waals surface area contributed by atoms with Crippen LogP contribution in [0.15, 0.2) is 36.5 Å². The fourth-order valence-electron chi connectivity index (χ4n) is 2.99. The van der Waals surface area contributed by atoms with Crippen LogP contribution in [0, 0.1) is 0 Å². The molecule has 2 aromatic rings. The molecule has 5 nitrogen and oxygen atoms in total. The van der Waals surface area contributed by atoms with Crippen LogP contribution in [-0.4, -0.2) is 47.8 Å². The van der Waals surface area contributed by atoms with Crippen LogP contribution >= 0.6 is 0 Å². The minimum absolute atomic E-state index is 0.227. The Morgan fingerprint density at radius 3 is 2.67 bits per heavy atom. The van der Waals surface area contributed by atoms with Crippen molar-refractivity contribution in [2.75, 3.05) is 31.1 Å². The maximum Gasteiger partial charge on any atom is 0.410 e. The fourth-order valence-corrected chi connectivity index (χ4v) is 2.99. The average molecular weight is 327 g/mol. The van der Waals surface area contributed by atoms with Crippen LogP contribution in [-0.2, 0) is 4.74 Å². The van der Waals surface area contributed by atoms with Gasteiger partial charge in [0.05, 0.1) is 0 Å².